The Hall–Kier alpha value is -2.87. The van der Waals surface area contributed by atoms with Crippen molar-refractivity contribution in [1.29, 1.82) is 0 Å². The zero-order valence-corrected chi connectivity index (χ0v) is 19.9. The van der Waals surface area contributed by atoms with Gasteiger partial charge in [-0.15, -0.1) is 0 Å². The Morgan fingerprint density at radius 2 is 1.97 bits per heavy atom. The second kappa shape index (κ2) is 9.17. The number of carbonyl (C=O) groups excluding carboxylic acids is 3. The van der Waals surface area contributed by atoms with E-state index in [-0.39, 0.29) is 36.5 Å². The van der Waals surface area contributed by atoms with Crippen LogP contribution in [0.4, 0.5) is 5.69 Å². The number of halogens is 1. The lowest BCUT2D eigenvalue weighted by Crippen LogP contribution is -2.65. The maximum Gasteiger partial charge on any atom is 0.358 e. The molecule has 9 heteroatoms. The number of aryl methyl sites for hydroxylation is 1. The van der Waals surface area contributed by atoms with Crippen molar-refractivity contribution in [1.82, 2.24) is 15.1 Å². The largest absolute Gasteiger partial charge is 0.461 e. The summed E-state index contributed by atoms with van der Waals surface area (Å²) in [7, 11) is 0. The molecule has 2 aromatic rings. The molecule has 2 heterocycles. The van der Waals surface area contributed by atoms with Gasteiger partial charge in [-0.1, -0.05) is 30.9 Å². The second-order valence-corrected chi connectivity index (χ2v) is 9.38. The fourth-order valence-corrected chi connectivity index (χ4v) is 4.95. The van der Waals surface area contributed by atoms with E-state index in [1.807, 2.05) is 6.92 Å². The predicted octanol–water partition coefficient (Wildman–Crippen LogP) is 3.89. The van der Waals surface area contributed by atoms with Gasteiger partial charge in [0, 0.05) is 22.8 Å². The molecule has 1 aliphatic heterocycles. The van der Waals surface area contributed by atoms with Crippen molar-refractivity contribution in [2.24, 2.45) is 0 Å². The summed E-state index contributed by atoms with van der Waals surface area (Å²) in [6.07, 6.45) is 5.18. The lowest BCUT2D eigenvalue weighted by atomic mass is 9.90. The van der Waals surface area contributed by atoms with Gasteiger partial charge in [-0.2, -0.15) is 5.10 Å². The zero-order chi connectivity index (χ0) is 23.8. The van der Waals surface area contributed by atoms with Crippen molar-refractivity contribution in [3.8, 4) is 0 Å². The van der Waals surface area contributed by atoms with Crippen molar-refractivity contribution in [3.63, 3.8) is 0 Å². The van der Waals surface area contributed by atoms with Crippen LogP contribution in [-0.2, 0) is 16.1 Å². The van der Waals surface area contributed by atoms with E-state index in [1.54, 1.807) is 32.0 Å². The van der Waals surface area contributed by atoms with Crippen LogP contribution < -0.4 is 10.2 Å². The molecule has 1 aromatic carbocycles. The number of nitrogens with one attached hydrogen (secondary N) is 1. The Balaban J connectivity index is 1.77. The lowest BCUT2D eigenvalue weighted by molar-refractivity contribution is -0.127. The molecule has 176 valence electrons. The molecule has 4 rings (SSSR count). The summed E-state index contributed by atoms with van der Waals surface area (Å²) in [5, 5.41) is 8.02. The number of carbonyl (C=O) groups is 3. The van der Waals surface area contributed by atoms with Gasteiger partial charge in [0.25, 0.3) is 5.91 Å². The minimum absolute atomic E-state index is 0.0462. The Bertz CT molecular complexity index is 1090. The van der Waals surface area contributed by atoms with Crippen LogP contribution in [0, 0.1) is 6.92 Å². The van der Waals surface area contributed by atoms with Crippen molar-refractivity contribution in [3.05, 3.63) is 46.2 Å². The normalized spacial score (nSPS) is 21.0. The first-order valence-corrected chi connectivity index (χ1v) is 11.8. The number of ether oxygens (including phenoxy) is 1. The highest BCUT2D eigenvalue weighted by Gasteiger charge is 2.50. The first-order valence-electron chi connectivity index (χ1n) is 11.4. The van der Waals surface area contributed by atoms with Gasteiger partial charge in [0.05, 0.1) is 13.2 Å². The van der Waals surface area contributed by atoms with Crippen molar-refractivity contribution < 1.29 is 19.1 Å². The van der Waals surface area contributed by atoms with Crippen LogP contribution >= 0.6 is 11.6 Å². The molecule has 1 atom stereocenters. The zero-order valence-electron chi connectivity index (χ0n) is 19.2. The van der Waals surface area contributed by atoms with Crippen molar-refractivity contribution in [2.75, 3.05) is 11.5 Å². The van der Waals surface area contributed by atoms with Crippen molar-refractivity contribution in [2.45, 2.75) is 71.0 Å². The summed E-state index contributed by atoms with van der Waals surface area (Å²) >= 11 is 6.16. The molecule has 1 unspecified atom stereocenters. The van der Waals surface area contributed by atoms with E-state index in [0.29, 0.717) is 10.7 Å². The van der Waals surface area contributed by atoms with Crippen molar-refractivity contribution >= 4 is 35.1 Å². The Morgan fingerprint density at radius 1 is 1.24 bits per heavy atom. The third-order valence-electron chi connectivity index (χ3n) is 6.47. The standard InChI is InChI=1S/C24H29ClN4O4/c1-4-33-22(31)18-13-20-21(30)29(19-11-10-16(25)12-15(19)2)24(3,14-28(20)27-18)23(32)26-17-8-6-5-7-9-17/h10-13,17H,4-9,14H2,1-3H3,(H,26,32). The molecule has 0 radical (unpaired) electrons. The number of amides is 2. The SMILES string of the molecule is CCOC(=O)c1cc2n(n1)CC(C)(C(=O)NC1CCCCC1)N(c1ccc(Cl)cc1C)C2=O. The minimum atomic E-state index is -1.25. The summed E-state index contributed by atoms with van der Waals surface area (Å²) in [4.78, 5) is 41.2. The van der Waals surface area contributed by atoms with Gasteiger partial charge in [0.1, 0.15) is 11.2 Å². The number of benzene rings is 1. The fraction of sp³-hybridized carbons (Fsp3) is 0.500. The number of hydrogen-bond acceptors (Lipinski definition) is 5. The Labute approximate surface area is 198 Å². The van der Waals surface area contributed by atoms with Crippen LogP contribution in [0.25, 0.3) is 0 Å². The summed E-state index contributed by atoms with van der Waals surface area (Å²) in [6, 6.07) is 6.73. The van der Waals surface area contributed by atoms with Crippen LogP contribution in [0.5, 0.6) is 0 Å². The predicted molar refractivity (Wildman–Crippen MR) is 125 cm³/mol. The molecular weight excluding hydrogens is 444 g/mol. The summed E-state index contributed by atoms with van der Waals surface area (Å²) in [5.74, 6) is -1.25. The molecule has 2 amide bonds. The van der Waals surface area contributed by atoms with E-state index in [0.717, 1.165) is 31.2 Å². The number of nitrogens with zero attached hydrogens (tertiary/aromatic N) is 3. The summed E-state index contributed by atoms with van der Waals surface area (Å²) < 4.78 is 6.49. The van der Waals surface area contributed by atoms with Crippen LogP contribution in [0.3, 0.4) is 0 Å². The summed E-state index contributed by atoms with van der Waals surface area (Å²) in [6.45, 7) is 5.60. The Kier molecular flexibility index (Phi) is 6.47. The topological polar surface area (TPSA) is 93.5 Å². The minimum Gasteiger partial charge on any atom is -0.461 e. The number of fused-ring (bicyclic) bond motifs is 1. The maximum absolute atomic E-state index is 13.8. The quantitative estimate of drug-likeness (QED) is 0.666. The fourth-order valence-electron chi connectivity index (χ4n) is 4.72. The first kappa shape index (κ1) is 23.3. The number of aromatic nitrogens is 2. The molecule has 33 heavy (non-hydrogen) atoms. The van der Waals surface area contributed by atoms with Gasteiger partial charge in [0.15, 0.2) is 5.69 Å². The first-order chi connectivity index (χ1) is 15.7. The smallest absolute Gasteiger partial charge is 0.358 e. The summed E-state index contributed by atoms with van der Waals surface area (Å²) in [5.41, 5.74) is 0.389. The average Bonchev–Trinajstić information content (AvgIpc) is 3.20. The van der Waals surface area contributed by atoms with Gasteiger partial charge in [-0.25, -0.2) is 4.79 Å². The van der Waals surface area contributed by atoms with E-state index < -0.39 is 17.4 Å². The Morgan fingerprint density at radius 3 is 2.64 bits per heavy atom. The molecule has 1 fully saturated rings. The van der Waals surface area contributed by atoms with E-state index in [9.17, 15) is 14.4 Å². The van der Waals surface area contributed by atoms with E-state index in [1.165, 1.54) is 22.1 Å². The van der Waals surface area contributed by atoms with Crippen LogP contribution in [0.2, 0.25) is 5.02 Å². The molecule has 8 nitrogen and oxygen atoms in total. The average molecular weight is 473 g/mol. The van der Waals surface area contributed by atoms with Gasteiger partial charge in [0.2, 0.25) is 5.91 Å². The molecule has 1 aromatic heterocycles. The molecular formula is C24H29ClN4O4. The lowest BCUT2D eigenvalue weighted by Gasteiger charge is -2.44. The molecule has 0 saturated heterocycles. The number of anilines is 1. The van der Waals surface area contributed by atoms with E-state index >= 15 is 0 Å². The van der Waals surface area contributed by atoms with Gasteiger partial charge in [-0.3, -0.25) is 19.2 Å². The van der Waals surface area contributed by atoms with Crippen LogP contribution in [0.15, 0.2) is 24.3 Å². The third-order valence-corrected chi connectivity index (χ3v) is 6.70. The maximum atomic E-state index is 13.8. The van der Waals surface area contributed by atoms with Gasteiger partial charge < -0.3 is 10.1 Å². The number of hydrogen-bond donors (Lipinski definition) is 1. The number of rotatable bonds is 5. The molecule has 0 spiro atoms. The molecule has 0 bridgehead atoms. The monoisotopic (exact) mass is 472 g/mol. The van der Waals surface area contributed by atoms with Crippen LogP contribution in [-0.4, -0.2) is 45.8 Å². The third kappa shape index (κ3) is 4.36. The van der Waals surface area contributed by atoms with Gasteiger partial charge >= 0.3 is 5.97 Å². The highest BCUT2D eigenvalue weighted by Crippen LogP contribution is 2.36. The highest BCUT2D eigenvalue weighted by atomic mass is 35.5. The number of esters is 1. The van der Waals surface area contributed by atoms with Gasteiger partial charge in [-0.05, 0) is 57.4 Å². The highest BCUT2D eigenvalue weighted by molar-refractivity contribution is 6.30. The molecule has 1 N–H and O–H groups in total. The molecule has 1 aliphatic carbocycles. The second-order valence-electron chi connectivity index (χ2n) is 8.95. The van der Waals surface area contributed by atoms with E-state index in [2.05, 4.69) is 10.4 Å². The van der Waals surface area contributed by atoms with Crippen LogP contribution in [0.1, 0.15) is 72.5 Å². The molecule has 1 saturated carbocycles. The van der Waals surface area contributed by atoms with E-state index in [4.69, 9.17) is 16.3 Å². The molecule has 2 aliphatic rings.